The molecule has 1 aliphatic rings. The Hall–Kier alpha value is -3.73. The van der Waals surface area contributed by atoms with E-state index in [0.29, 0.717) is 26.2 Å². The molecule has 1 fully saturated rings. The molecule has 0 atom stereocenters. The Bertz CT molecular complexity index is 898. The van der Waals surface area contributed by atoms with E-state index in [-0.39, 0.29) is 12.4 Å². The van der Waals surface area contributed by atoms with Crippen molar-refractivity contribution in [1.29, 1.82) is 0 Å². The molecule has 1 saturated heterocycles. The minimum atomic E-state index is -0.737. The Morgan fingerprint density at radius 2 is 1.66 bits per heavy atom. The quantitative estimate of drug-likeness (QED) is 0.533. The third-order valence-corrected chi connectivity index (χ3v) is 4.28. The molecule has 0 aliphatic carbocycles. The maximum Gasteiger partial charge on any atom is 0.410 e. The number of hydroxylamine groups is 2. The zero-order valence-electron chi connectivity index (χ0n) is 15.3. The molecule has 152 valence electrons. The highest BCUT2D eigenvalue weighted by molar-refractivity contribution is 5.67. The highest BCUT2D eigenvalue weighted by Gasteiger charge is 2.27. The number of hydrogen-bond acceptors (Lipinski definition) is 8. The molecule has 0 radical (unpaired) electrons. The van der Waals surface area contributed by atoms with Crippen LogP contribution >= 0.6 is 0 Å². The fraction of sp³-hybridized carbons (Fsp3) is 0.278. The number of nitro groups is 2. The van der Waals surface area contributed by atoms with Crippen molar-refractivity contribution < 1.29 is 24.2 Å². The van der Waals surface area contributed by atoms with Crippen molar-refractivity contribution in [3.63, 3.8) is 0 Å². The molecule has 0 bridgehead atoms. The van der Waals surface area contributed by atoms with Crippen molar-refractivity contribution in [1.82, 2.24) is 9.96 Å². The monoisotopic (exact) mass is 402 g/mol. The largest absolute Gasteiger partial charge is 0.445 e. The summed E-state index contributed by atoms with van der Waals surface area (Å²) in [6, 6.07) is 12.5. The number of amides is 1. The zero-order valence-corrected chi connectivity index (χ0v) is 15.3. The van der Waals surface area contributed by atoms with E-state index in [1.807, 2.05) is 30.3 Å². The van der Waals surface area contributed by atoms with Crippen molar-refractivity contribution >= 4 is 17.5 Å². The molecule has 0 aromatic heterocycles. The van der Waals surface area contributed by atoms with Crippen LogP contribution in [0.2, 0.25) is 0 Å². The zero-order chi connectivity index (χ0) is 20.8. The number of nitrogens with zero attached hydrogens (tertiary/aromatic N) is 4. The summed E-state index contributed by atoms with van der Waals surface area (Å²) >= 11 is 0. The van der Waals surface area contributed by atoms with Crippen LogP contribution < -0.4 is 4.84 Å². The summed E-state index contributed by atoms with van der Waals surface area (Å²) in [6.45, 7) is 1.40. The van der Waals surface area contributed by atoms with Crippen LogP contribution in [0.4, 0.5) is 16.2 Å². The van der Waals surface area contributed by atoms with Gasteiger partial charge in [0.15, 0.2) is 0 Å². The lowest BCUT2D eigenvalue weighted by molar-refractivity contribution is -0.395. The first-order chi connectivity index (χ1) is 13.9. The minimum absolute atomic E-state index is 0.0966. The number of ether oxygens (including phenoxy) is 1. The topological polar surface area (TPSA) is 128 Å². The van der Waals surface area contributed by atoms with E-state index in [0.717, 1.165) is 17.7 Å². The third-order valence-electron chi connectivity index (χ3n) is 4.28. The molecule has 0 unspecified atom stereocenters. The summed E-state index contributed by atoms with van der Waals surface area (Å²) in [7, 11) is 0. The Morgan fingerprint density at radius 3 is 2.28 bits per heavy atom. The van der Waals surface area contributed by atoms with Crippen molar-refractivity contribution in [2.45, 2.75) is 6.61 Å². The number of nitro benzene ring substituents is 2. The summed E-state index contributed by atoms with van der Waals surface area (Å²) in [5.41, 5.74) is -0.00719. The van der Waals surface area contributed by atoms with Crippen molar-refractivity contribution in [2.24, 2.45) is 0 Å². The molecule has 11 heteroatoms. The lowest BCUT2D eigenvalue weighted by Crippen LogP contribution is -2.49. The van der Waals surface area contributed by atoms with E-state index in [2.05, 4.69) is 0 Å². The normalized spacial score (nSPS) is 14.3. The van der Waals surface area contributed by atoms with Crippen LogP contribution in [0.5, 0.6) is 5.75 Å². The van der Waals surface area contributed by atoms with E-state index in [4.69, 9.17) is 9.57 Å². The molecule has 1 amide bonds. The summed E-state index contributed by atoms with van der Waals surface area (Å²) in [6.07, 6.45) is -0.449. The van der Waals surface area contributed by atoms with Gasteiger partial charge in [-0.2, -0.15) is 0 Å². The van der Waals surface area contributed by atoms with Gasteiger partial charge in [0.25, 0.3) is 5.69 Å². The Labute approximate surface area is 165 Å². The number of piperazine rings is 1. The number of non-ortho nitro benzene ring substituents is 1. The van der Waals surface area contributed by atoms with Crippen LogP contribution in [0.1, 0.15) is 5.56 Å². The predicted molar refractivity (Wildman–Crippen MR) is 100 cm³/mol. The van der Waals surface area contributed by atoms with Gasteiger partial charge < -0.3 is 14.5 Å². The first-order valence-electron chi connectivity index (χ1n) is 8.75. The molecule has 0 N–H and O–H groups in total. The van der Waals surface area contributed by atoms with Gasteiger partial charge in [0, 0.05) is 19.2 Å². The van der Waals surface area contributed by atoms with Crippen molar-refractivity contribution in [3.8, 4) is 5.75 Å². The minimum Gasteiger partial charge on any atom is -0.445 e. The van der Waals surface area contributed by atoms with Gasteiger partial charge in [-0.1, -0.05) is 30.3 Å². The summed E-state index contributed by atoms with van der Waals surface area (Å²) in [5, 5.41) is 23.5. The molecule has 11 nitrogen and oxygen atoms in total. The summed E-state index contributed by atoms with van der Waals surface area (Å²) in [5.74, 6) is -0.0966. The van der Waals surface area contributed by atoms with E-state index in [9.17, 15) is 25.0 Å². The lowest BCUT2D eigenvalue weighted by atomic mass is 10.2. The Kier molecular flexibility index (Phi) is 6.19. The second kappa shape index (κ2) is 8.97. The molecule has 1 aliphatic heterocycles. The number of hydrogen-bond donors (Lipinski definition) is 0. The average molecular weight is 402 g/mol. The van der Waals surface area contributed by atoms with Crippen LogP contribution in [0.3, 0.4) is 0 Å². The molecule has 3 rings (SSSR count). The summed E-state index contributed by atoms with van der Waals surface area (Å²) in [4.78, 5) is 39.8. The fourth-order valence-corrected chi connectivity index (χ4v) is 2.75. The summed E-state index contributed by atoms with van der Waals surface area (Å²) < 4.78 is 5.28. The van der Waals surface area contributed by atoms with E-state index in [1.54, 1.807) is 0 Å². The van der Waals surface area contributed by atoms with Gasteiger partial charge in [-0.3, -0.25) is 20.2 Å². The van der Waals surface area contributed by atoms with E-state index < -0.39 is 27.3 Å². The highest BCUT2D eigenvalue weighted by Crippen LogP contribution is 2.31. The fourth-order valence-electron chi connectivity index (χ4n) is 2.75. The van der Waals surface area contributed by atoms with Crippen LogP contribution in [-0.4, -0.2) is 52.1 Å². The van der Waals surface area contributed by atoms with Gasteiger partial charge in [0.2, 0.25) is 5.75 Å². The molecule has 0 saturated carbocycles. The number of rotatable bonds is 6. The van der Waals surface area contributed by atoms with Crippen LogP contribution in [0, 0.1) is 20.2 Å². The molecular weight excluding hydrogens is 384 g/mol. The lowest BCUT2D eigenvalue weighted by Gasteiger charge is -2.33. The van der Waals surface area contributed by atoms with Crippen LogP contribution in [0.15, 0.2) is 48.5 Å². The maximum absolute atomic E-state index is 12.2. The second-order valence-corrected chi connectivity index (χ2v) is 6.21. The smallest absolute Gasteiger partial charge is 0.410 e. The standard InChI is InChI=1S/C18H18N4O7/c23-18(28-13-14-4-2-1-3-5-14)19-8-10-20(11-9-19)29-17-7-6-15(21(24)25)12-16(17)22(26)27/h1-7,12H,8-11,13H2. The molecule has 2 aromatic carbocycles. The van der Waals surface area contributed by atoms with Crippen molar-refractivity contribution in [3.05, 3.63) is 74.3 Å². The van der Waals surface area contributed by atoms with Gasteiger partial charge in [-0.25, -0.2) is 4.79 Å². The molecular formula is C18H18N4O7. The van der Waals surface area contributed by atoms with E-state index in [1.165, 1.54) is 16.0 Å². The SMILES string of the molecule is O=C(OCc1ccccc1)N1CCN(Oc2ccc([N+](=O)[O-])cc2[N+](=O)[O-])CC1. The molecule has 2 aromatic rings. The average Bonchev–Trinajstić information content (AvgIpc) is 2.73. The van der Waals surface area contributed by atoms with E-state index >= 15 is 0 Å². The predicted octanol–water partition coefficient (Wildman–Crippen LogP) is 2.75. The third kappa shape index (κ3) is 5.17. The van der Waals surface area contributed by atoms with Gasteiger partial charge in [-0.15, -0.1) is 5.06 Å². The highest BCUT2D eigenvalue weighted by atomic mass is 16.7. The Balaban J connectivity index is 1.54. The number of benzene rings is 2. The van der Waals surface area contributed by atoms with Crippen molar-refractivity contribution in [2.75, 3.05) is 26.2 Å². The van der Waals surface area contributed by atoms with Gasteiger partial charge in [0.05, 0.1) is 29.0 Å². The van der Waals surface area contributed by atoms with Gasteiger partial charge in [0.1, 0.15) is 6.61 Å². The first kappa shape index (κ1) is 20.0. The maximum atomic E-state index is 12.2. The number of carbonyl (C=O) groups is 1. The Morgan fingerprint density at radius 1 is 0.966 bits per heavy atom. The van der Waals surface area contributed by atoms with Gasteiger partial charge in [-0.05, 0) is 11.6 Å². The molecule has 0 spiro atoms. The van der Waals surface area contributed by atoms with Gasteiger partial charge >= 0.3 is 11.8 Å². The second-order valence-electron chi connectivity index (χ2n) is 6.21. The first-order valence-corrected chi connectivity index (χ1v) is 8.75. The van der Waals surface area contributed by atoms with Crippen LogP contribution in [-0.2, 0) is 11.3 Å². The van der Waals surface area contributed by atoms with Crippen LogP contribution in [0.25, 0.3) is 0 Å². The molecule has 29 heavy (non-hydrogen) atoms. The molecule has 1 heterocycles. The number of carbonyl (C=O) groups excluding carboxylic acids is 1.